The molecule has 5 nitrogen and oxygen atoms in total. The molecule has 0 saturated carbocycles. The molecule has 3 aromatic carbocycles. The van der Waals surface area contributed by atoms with E-state index in [0.717, 1.165) is 11.1 Å². The first-order valence-corrected chi connectivity index (χ1v) is 9.43. The Morgan fingerprint density at radius 1 is 0.759 bits per heavy atom. The predicted octanol–water partition coefficient (Wildman–Crippen LogP) is 4.16. The molecule has 4 rings (SSSR count). The monoisotopic (exact) mass is 385 g/mol. The molecule has 1 unspecified atom stereocenters. The number of hydrogen-bond donors (Lipinski definition) is 0. The van der Waals surface area contributed by atoms with Gasteiger partial charge in [-0.05, 0) is 36.1 Å². The summed E-state index contributed by atoms with van der Waals surface area (Å²) in [5.74, 6) is -2.45. The van der Waals surface area contributed by atoms with Gasteiger partial charge in [-0.1, -0.05) is 77.9 Å². The molecule has 0 radical (unpaired) electrons. The van der Waals surface area contributed by atoms with Crippen LogP contribution in [-0.2, 0) is 16.1 Å². The number of carbonyl (C=O) groups is 3. The first-order chi connectivity index (χ1) is 14.1. The Morgan fingerprint density at radius 2 is 1.28 bits per heavy atom. The van der Waals surface area contributed by atoms with Crippen LogP contribution in [0.2, 0.25) is 0 Å². The van der Waals surface area contributed by atoms with E-state index in [1.165, 1.54) is 0 Å². The summed E-state index contributed by atoms with van der Waals surface area (Å²) < 4.78 is 0. The van der Waals surface area contributed by atoms with Crippen molar-refractivity contribution in [1.29, 1.82) is 0 Å². The molecule has 144 valence electrons. The Morgan fingerprint density at radius 3 is 1.86 bits per heavy atom. The lowest BCUT2D eigenvalue weighted by Crippen LogP contribution is -2.34. The number of benzene rings is 3. The smallest absolute Gasteiger partial charge is 0.329 e. The van der Waals surface area contributed by atoms with E-state index in [0.29, 0.717) is 17.9 Å². The fraction of sp³-hybridized carbons (Fsp3) is 0.125. The van der Waals surface area contributed by atoms with Gasteiger partial charge in [-0.2, -0.15) is 0 Å². The average molecular weight is 385 g/mol. The standard InChI is InChI=1S/C24H19NO4/c26-22-20-13-7-8-14-21(20)23(27)25(22)29-24(28)19(18-11-5-2-6-12-18)16-15-17-9-3-1-4-10-17/h1-14,19H,15-16H2. The lowest BCUT2D eigenvalue weighted by atomic mass is 9.92. The minimum Gasteiger partial charge on any atom is -0.329 e. The van der Waals surface area contributed by atoms with Crippen LogP contribution in [0.25, 0.3) is 0 Å². The zero-order chi connectivity index (χ0) is 20.2. The fourth-order valence-electron chi connectivity index (χ4n) is 3.47. The first kappa shape index (κ1) is 18.6. The van der Waals surface area contributed by atoms with Crippen molar-refractivity contribution in [3.8, 4) is 0 Å². The molecular weight excluding hydrogens is 366 g/mol. The highest BCUT2D eigenvalue weighted by Crippen LogP contribution is 2.27. The Labute approximate surface area is 168 Å². The van der Waals surface area contributed by atoms with E-state index in [-0.39, 0.29) is 11.1 Å². The number of carbonyl (C=O) groups excluding carboxylic acids is 3. The molecule has 2 amide bonds. The number of rotatable bonds is 6. The van der Waals surface area contributed by atoms with Gasteiger partial charge in [-0.25, -0.2) is 4.79 Å². The van der Waals surface area contributed by atoms with Crippen LogP contribution in [0.1, 0.15) is 44.2 Å². The summed E-state index contributed by atoms with van der Waals surface area (Å²) in [7, 11) is 0. The highest BCUT2D eigenvalue weighted by molar-refractivity contribution is 6.20. The number of imide groups is 1. The van der Waals surface area contributed by atoms with Crippen LogP contribution in [0.15, 0.2) is 84.9 Å². The second-order valence-electron chi connectivity index (χ2n) is 6.85. The van der Waals surface area contributed by atoms with Crippen molar-refractivity contribution < 1.29 is 19.2 Å². The van der Waals surface area contributed by atoms with Crippen LogP contribution in [0.5, 0.6) is 0 Å². The van der Waals surface area contributed by atoms with E-state index in [4.69, 9.17) is 4.84 Å². The molecule has 1 atom stereocenters. The van der Waals surface area contributed by atoms with Crippen LogP contribution >= 0.6 is 0 Å². The van der Waals surface area contributed by atoms with Crippen molar-refractivity contribution in [3.05, 3.63) is 107 Å². The van der Waals surface area contributed by atoms with Crippen molar-refractivity contribution in [2.45, 2.75) is 18.8 Å². The molecule has 0 aromatic heterocycles. The summed E-state index contributed by atoms with van der Waals surface area (Å²) in [5, 5.41) is 0.575. The molecule has 0 spiro atoms. The third-order valence-electron chi connectivity index (χ3n) is 4.99. The van der Waals surface area contributed by atoms with Crippen molar-refractivity contribution in [2.24, 2.45) is 0 Å². The number of nitrogens with zero attached hydrogens (tertiary/aromatic N) is 1. The lowest BCUT2D eigenvalue weighted by molar-refractivity contribution is -0.170. The quantitative estimate of drug-likeness (QED) is 0.598. The highest BCUT2D eigenvalue weighted by atomic mass is 16.7. The average Bonchev–Trinajstić information content (AvgIpc) is 3.00. The maximum atomic E-state index is 13.0. The minimum atomic E-state index is -0.623. The molecule has 1 heterocycles. The maximum absolute atomic E-state index is 13.0. The normalized spacial score (nSPS) is 13.9. The molecule has 0 fully saturated rings. The molecule has 1 aliphatic heterocycles. The van der Waals surface area contributed by atoms with Gasteiger partial charge in [0.15, 0.2) is 0 Å². The minimum absolute atomic E-state index is 0.242. The molecule has 0 N–H and O–H groups in total. The van der Waals surface area contributed by atoms with Gasteiger partial charge in [-0.3, -0.25) is 9.59 Å². The van der Waals surface area contributed by atoms with Gasteiger partial charge in [0.05, 0.1) is 17.0 Å². The maximum Gasteiger partial charge on any atom is 0.340 e. The molecule has 1 aliphatic rings. The summed E-state index contributed by atoms with van der Waals surface area (Å²) in [4.78, 5) is 43.3. The first-order valence-electron chi connectivity index (χ1n) is 9.43. The van der Waals surface area contributed by atoms with Crippen LogP contribution in [0.3, 0.4) is 0 Å². The van der Waals surface area contributed by atoms with E-state index in [1.54, 1.807) is 24.3 Å². The highest BCUT2D eigenvalue weighted by Gasteiger charge is 2.39. The third kappa shape index (κ3) is 3.80. The zero-order valence-electron chi connectivity index (χ0n) is 15.7. The van der Waals surface area contributed by atoms with Crippen molar-refractivity contribution in [3.63, 3.8) is 0 Å². The van der Waals surface area contributed by atoms with E-state index >= 15 is 0 Å². The Kier molecular flexibility index (Phi) is 5.20. The molecule has 5 heteroatoms. The SMILES string of the molecule is O=C(ON1C(=O)c2ccccc2C1=O)C(CCc1ccccc1)c1ccccc1. The van der Waals surface area contributed by atoms with E-state index in [9.17, 15) is 14.4 Å². The van der Waals surface area contributed by atoms with Crippen LogP contribution in [0.4, 0.5) is 0 Å². The van der Waals surface area contributed by atoms with Gasteiger partial charge in [0.2, 0.25) is 0 Å². The fourth-order valence-corrected chi connectivity index (χ4v) is 3.47. The summed E-state index contributed by atoms with van der Waals surface area (Å²) >= 11 is 0. The van der Waals surface area contributed by atoms with Gasteiger partial charge < -0.3 is 4.84 Å². The van der Waals surface area contributed by atoms with Crippen molar-refractivity contribution in [1.82, 2.24) is 5.06 Å². The molecule has 29 heavy (non-hydrogen) atoms. The summed E-state index contributed by atoms with van der Waals surface area (Å²) in [5.41, 5.74) is 2.36. The number of fused-ring (bicyclic) bond motifs is 1. The van der Waals surface area contributed by atoms with Gasteiger partial charge in [-0.15, -0.1) is 0 Å². The topological polar surface area (TPSA) is 63.7 Å². The van der Waals surface area contributed by atoms with E-state index in [1.807, 2.05) is 60.7 Å². The van der Waals surface area contributed by atoms with Crippen LogP contribution < -0.4 is 0 Å². The number of hydrogen-bond acceptors (Lipinski definition) is 4. The second kappa shape index (κ2) is 8.10. The molecule has 0 bridgehead atoms. The molecule has 3 aromatic rings. The lowest BCUT2D eigenvalue weighted by Gasteiger charge is -2.19. The van der Waals surface area contributed by atoms with E-state index < -0.39 is 23.7 Å². The Balaban J connectivity index is 1.54. The molecular formula is C24H19NO4. The Bertz CT molecular complexity index is 1010. The van der Waals surface area contributed by atoms with Gasteiger partial charge >= 0.3 is 5.97 Å². The summed E-state index contributed by atoms with van der Waals surface area (Å²) in [6.07, 6.45) is 1.16. The van der Waals surface area contributed by atoms with Gasteiger partial charge in [0.1, 0.15) is 0 Å². The number of aryl methyl sites for hydroxylation is 1. The second-order valence-corrected chi connectivity index (χ2v) is 6.85. The van der Waals surface area contributed by atoms with Crippen molar-refractivity contribution in [2.75, 3.05) is 0 Å². The Hall–Kier alpha value is -3.73. The van der Waals surface area contributed by atoms with E-state index in [2.05, 4.69) is 0 Å². The van der Waals surface area contributed by atoms with Crippen molar-refractivity contribution >= 4 is 17.8 Å². The predicted molar refractivity (Wildman–Crippen MR) is 107 cm³/mol. The molecule has 0 saturated heterocycles. The summed E-state index contributed by atoms with van der Waals surface area (Å²) in [6, 6.07) is 25.5. The third-order valence-corrected chi connectivity index (χ3v) is 4.99. The largest absolute Gasteiger partial charge is 0.340 e. The van der Waals surface area contributed by atoms with Gasteiger partial charge in [0.25, 0.3) is 11.8 Å². The number of amides is 2. The number of hydroxylamine groups is 2. The zero-order valence-corrected chi connectivity index (χ0v) is 15.7. The molecule has 0 aliphatic carbocycles. The van der Waals surface area contributed by atoms with Crippen LogP contribution in [0, 0.1) is 0 Å². The van der Waals surface area contributed by atoms with Crippen LogP contribution in [-0.4, -0.2) is 22.8 Å². The van der Waals surface area contributed by atoms with Gasteiger partial charge in [0, 0.05) is 0 Å². The summed E-state index contributed by atoms with van der Waals surface area (Å²) in [6.45, 7) is 0.